The molecule has 4 aromatic rings. The predicted octanol–water partition coefficient (Wildman–Crippen LogP) is 6.78. The molecule has 0 saturated heterocycles. The van der Waals surface area contributed by atoms with Crippen LogP contribution in [-0.2, 0) is 32.6 Å². The number of amides is 2. The van der Waals surface area contributed by atoms with Crippen LogP contribution in [-0.4, -0.2) is 72.7 Å². The highest BCUT2D eigenvalue weighted by Crippen LogP contribution is 2.38. The highest BCUT2D eigenvalue weighted by molar-refractivity contribution is 7.92. The van der Waals surface area contributed by atoms with Crippen molar-refractivity contribution in [1.82, 2.24) is 10.2 Å². The van der Waals surface area contributed by atoms with E-state index >= 15 is 0 Å². The van der Waals surface area contributed by atoms with E-state index in [1.165, 1.54) is 63.7 Å². The first kappa shape index (κ1) is 40.1. The number of carbonyl (C=O) groups excluding carboxylic acids is 2. The molecular formula is C38H43Cl2N3O8S. The average molecular weight is 773 g/mol. The Labute approximate surface area is 315 Å². The molecule has 4 aromatic carbocycles. The van der Waals surface area contributed by atoms with Gasteiger partial charge >= 0.3 is 0 Å². The maximum Gasteiger partial charge on any atom is 0.265 e. The Morgan fingerprint density at radius 3 is 2.06 bits per heavy atom. The number of nitrogens with one attached hydrogen (secondary N) is 1. The van der Waals surface area contributed by atoms with Gasteiger partial charge in [0, 0.05) is 47.3 Å². The van der Waals surface area contributed by atoms with Gasteiger partial charge in [0.05, 0.1) is 39.0 Å². The molecule has 0 aliphatic heterocycles. The molecule has 2 amide bonds. The number of rotatable bonds is 18. The number of halogens is 2. The third-order valence-electron chi connectivity index (χ3n) is 8.37. The molecule has 0 saturated carbocycles. The average Bonchev–Trinajstić information content (AvgIpc) is 3.15. The van der Waals surface area contributed by atoms with Crippen LogP contribution in [0.3, 0.4) is 0 Å². The van der Waals surface area contributed by atoms with Gasteiger partial charge in [0.1, 0.15) is 24.1 Å². The van der Waals surface area contributed by atoms with Crippen molar-refractivity contribution in [3.63, 3.8) is 0 Å². The van der Waals surface area contributed by atoms with Crippen LogP contribution in [0.2, 0.25) is 10.0 Å². The minimum atomic E-state index is -4.55. The molecule has 14 heteroatoms. The fourth-order valence-electron chi connectivity index (χ4n) is 5.52. The van der Waals surface area contributed by atoms with E-state index in [9.17, 15) is 18.0 Å². The molecule has 0 aromatic heterocycles. The summed E-state index contributed by atoms with van der Waals surface area (Å²) in [4.78, 5) is 30.1. The number of hydrogen-bond acceptors (Lipinski definition) is 8. The number of sulfonamides is 1. The number of anilines is 1. The fourth-order valence-corrected chi connectivity index (χ4v) is 7.47. The largest absolute Gasteiger partial charge is 0.497 e. The topological polar surface area (TPSA) is 124 Å². The third-order valence-corrected chi connectivity index (χ3v) is 10.8. The van der Waals surface area contributed by atoms with Crippen molar-refractivity contribution >= 4 is 50.7 Å². The molecule has 278 valence electrons. The SMILES string of the molecule is CCCCNC(=O)[C@@H](Cc1ccccc1)N(Cc1c(Cl)cccc1Cl)C(=O)CN(c1cc(OC)ccc1OC)S(=O)(=O)c1ccc(OC)c(OC)c1. The zero-order chi connectivity index (χ0) is 37.8. The van der Waals surface area contributed by atoms with Gasteiger partial charge in [-0.2, -0.15) is 0 Å². The van der Waals surface area contributed by atoms with Gasteiger partial charge in [0.15, 0.2) is 11.5 Å². The molecule has 0 unspecified atom stereocenters. The second-order valence-corrected chi connectivity index (χ2v) is 14.3. The van der Waals surface area contributed by atoms with Crippen molar-refractivity contribution in [2.75, 3.05) is 45.8 Å². The molecule has 52 heavy (non-hydrogen) atoms. The molecule has 0 aliphatic carbocycles. The zero-order valence-corrected chi connectivity index (χ0v) is 32.1. The smallest absolute Gasteiger partial charge is 0.265 e. The molecule has 11 nitrogen and oxygen atoms in total. The molecule has 4 rings (SSSR count). The maximum absolute atomic E-state index is 14.9. The van der Waals surface area contributed by atoms with Gasteiger partial charge in [0.2, 0.25) is 11.8 Å². The summed E-state index contributed by atoms with van der Waals surface area (Å²) in [5.74, 6) is -0.194. The van der Waals surface area contributed by atoms with Crippen LogP contribution in [0.5, 0.6) is 23.0 Å². The Hall–Kier alpha value is -4.65. The fraction of sp³-hybridized carbons (Fsp3) is 0.316. The Balaban J connectivity index is 1.92. The summed E-state index contributed by atoms with van der Waals surface area (Å²) in [6.45, 7) is 1.44. The first-order valence-electron chi connectivity index (χ1n) is 16.5. The minimum Gasteiger partial charge on any atom is -0.497 e. The lowest BCUT2D eigenvalue weighted by Gasteiger charge is -2.34. The lowest BCUT2D eigenvalue weighted by atomic mass is 10.0. The van der Waals surface area contributed by atoms with Gasteiger partial charge in [-0.15, -0.1) is 0 Å². The van der Waals surface area contributed by atoms with Crippen molar-refractivity contribution in [1.29, 1.82) is 0 Å². The number of methoxy groups -OCH3 is 4. The molecular weight excluding hydrogens is 729 g/mol. The molecule has 1 N–H and O–H groups in total. The van der Waals surface area contributed by atoms with E-state index < -0.39 is 34.4 Å². The van der Waals surface area contributed by atoms with E-state index in [1.54, 1.807) is 24.3 Å². The van der Waals surface area contributed by atoms with E-state index in [4.69, 9.17) is 42.1 Å². The molecule has 0 fully saturated rings. The molecule has 0 radical (unpaired) electrons. The number of benzene rings is 4. The van der Waals surface area contributed by atoms with E-state index in [1.807, 2.05) is 37.3 Å². The van der Waals surface area contributed by atoms with Crippen molar-refractivity contribution in [2.24, 2.45) is 0 Å². The number of ether oxygens (including phenoxy) is 4. The number of carbonyl (C=O) groups is 2. The summed E-state index contributed by atoms with van der Waals surface area (Å²) in [5.41, 5.74) is 1.20. The van der Waals surface area contributed by atoms with E-state index in [0.29, 0.717) is 23.6 Å². The minimum absolute atomic E-state index is 0.0210. The zero-order valence-electron chi connectivity index (χ0n) is 29.7. The van der Waals surface area contributed by atoms with E-state index in [-0.39, 0.29) is 45.1 Å². The van der Waals surface area contributed by atoms with Crippen molar-refractivity contribution in [2.45, 2.75) is 43.7 Å². The highest BCUT2D eigenvalue weighted by atomic mass is 35.5. The Morgan fingerprint density at radius 1 is 0.788 bits per heavy atom. The van der Waals surface area contributed by atoms with Gasteiger partial charge < -0.3 is 29.2 Å². The summed E-state index contributed by atoms with van der Waals surface area (Å²) in [5, 5.41) is 3.51. The quantitative estimate of drug-likeness (QED) is 0.110. The first-order valence-corrected chi connectivity index (χ1v) is 18.7. The highest BCUT2D eigenvalue weighted by Gasteiger charge is 2.36. The molecule has 0 bridgehead atoms. The molecule has 1 atom stereocenters. The molecule has 0 heterocycles. The Kier molecular flexibility index (Phi) is 14.4. The summed E-state index contributed by atoms with van der Waals surface area (Å²) >= 11 is 13.2. The van der Waals surface area contributed by atoms with Gasteiger partial charge in [-0.3, -0.25) is 13.9 Å². The van der Waals surface area contributed by atoms with Crippen LogP contribution < -0.4 is 28.6 Å². The van der Waals surface area contributed by atoms with Crippen LogP contribution >= 0.6 is 23.2 Å². The summed E-state index contributed by atoms with van der Waals surface area (Å²) in [6, 6.07) is 21.8. The second-order valence-electron chi connectivity index (χ2n) is 11.6. The van der Waals surface area contributed by atoms with Crippen molar-refractivity contribution in [3.8, 4) is 23.0 Å². The van der Waals surface area contributed by atoms with Gasteiger partial charge in [-0.05, 0) is 48.4 Å². The van der Waals surface area contributed by atoms with Crippen LogP contribution in [0.4, 0.5) is 5.69 Å². The molecule has 0 spiro atoms. The number of hydrogen-bond donors (Lipinski definition) is 1. The van der Waals surface area contributed by atoms with Gasteiger partial charge in [0.25, 0.3) is 10.0 Å². The predicted molar refractivity (Wildman–Crippen MR) is 202 cm³/mol. The Bertz CT molecular complexity index is 1930. The maximum atomic E-state index is 14.9. The second kappa shape index (κ2) is 18.7. The number of nitrogens with zero attached hydrogens (tertiary/aromatic N) is 2. The van der Waals surface area contributed by atoms with Crippen LogP contribution in [0.1, 0.15) is 30.9 Å². The summed E-state index contributed by atoms with van der Waals surface area (Å²) < 4.78 is 52.1. The van der Waals surface area contributed by atoms with Crippen molar-refractivity contribution < 1.29 is 37.0 Å². The lowest BCUT2D eigenvalue weighted by Crippen LogP contribution is -2.53. The van der Waals surface area contributed by atoms with Crippen LogP contribution in [0.15, 0.2) is 89.8 Å². The third kappa shape index (κ3) is 9.61. The van der Waals surface area contributed by atoms with Gasteiger partial charge in [-0.1, -0.05) is 72.9 Å². The molecule has 0 aliphatic rings. The van der Waals surface area contributed by atoms with Crippen LogP contribution in [0, 0.1) is 0 Å². The van der Waals surface area contributed by atoms with Crippen LogP contribution in [0.25, 0.3) is 0 Å². The number of unbranched alkanes of at least 4 members (excludes halogenated alkanes) is 1. The lowest BCUT2D eigenvalue weighted by molar-refractivity contribution is -0.140. The van der Waals surface area contributed by atoms with Gasteiger partial charge in [-0.25, -0.2) is 8.42 Å². The standard InChI is InChI=1S/C38H43Cl2N3O8S/c1-6-7-20-41-38(45)33(21-26-12-9-8-10-13-26)42(24-29-30(39)14-11-15-31(29)40)37(44)25-43(32-22-27(48-2)16-18-34(32)49-3)52(46,47)28-17-19-35(50-4)36(23-28)51-5/h8-19,22-23,33H,6-7,20-21,24-25H2,1-5H3,(H,41,45)/t33-/m1/s1. The van der Waals surface area contributed by atoms with Crippen molar-refractivity contribution in [3.05, 3.63) is 106 Å². The summed E-state index contributed by atoms with van der Waals surface area (Å²) in [7, 11) is 1.09. The normalized spacial score (nSPS) is 11.7. The van der Waals surface area contributed by atoms with E-state index in [2.05, 4.69) is 5.32 Å². The Morgan fingerprint density at radius 2 is 1.44 bits per heavy atom. The van der Waals surface area contributed by atoms with E-state index in [0.717, 1.165) is 22.7 Å². The first-order chi connectivity index (χ1) is 25.0. The monoisotopic (exact) mass is 771 g/mol. The summed E-state index contributed by atoms with van der Waals surface area (Å²) in [6.07, 6.45) is 1.69.